The summed E-state index contributed by atoms with van der Waals surface area (Å²) in [4.78, 5) is 19.0. The minimum atomic E-state index is -0.289. The van der Waals surface area contributed by atoms with Crippen molar-refractivity contribution in [3.05, 3.63) is 24.4 Å². The van der Waals surface area contributed by atoms with Crippen LogP contribution in [0.1, 0.15) is 39.0 Å². The Bertz CT molecular complexity index is 518. The molecule has 0 aromatic rings. The Morgan fingerprint density at radius 3 is 2.64 bits per heavy atom. The highest BCUT2D eigenvalue weighted by atomic mass is 32.2. The molecule has 0 radical (unpaired) electrons. The Balaban J connectivity index is 0.000000847. The minimum Gasteiger partial charge on any atom is -0.402 e. The third-order valence-corrected chi connectivity index (χ3v) is 5.48. The fourth-order valence-corrected chi connectivity index (χ4v) is 4.49. The van der Waals surface area contributed by atoms with Crippen LogP contribution in [0.5, 0.6) is 0 Å². The summed E-state index contributed by atoms with van der Waals surface area (Å²) in [5.74, 6) is 0.0999. The van der Waals surface area contributed by atoms with Crippen molar-refractivity contribution in [3.8, 4) is 0 Å². The van der Waals surface area contributed by atoms with Gasteiger partial charge in [-0.05, 0) is 19.8 Å². The number of rotatable bonds is 1. The smallest absolute Gasteiger partial charge is 0.244 e. The molecule has 1 saturated carbocycles. The maximum absolute atomic E-state index is 12.7. The summed E-state index contributed by atoms with van der Waals surface area (Å²) in [6, 6.07) is 0.0348. The van der Waals surface area contributed by atoms with Crippen molar-refractivity contribution in [1.29, 1.82) is 5.41 Å². The van der Waals surface area contributed by atoms with Gasteiger partial charge in [0.1, 0.15) is 11.3 Å². The second kappa shape index (κ2) is 7.13. The Labute approximate surface area is 136 Å². The van der Waals surface area contributed by atoms with Crippen molar-refractivity contribution < 1.29 is 4.79 Å². The van der Waals surface area contributed by atoms with Crippen LogP contribution in [0.3, 0.4) is 0 Å². The zero-order chi connectivity index (χ0) is 16.3. The van der Waals surface area contributed by atoms with Gasteiger partial charge in [-0.3, -0.25) is 20.1 Å². The van der Waals surface area contributed by atoms with Crippen LogP contribution in [0.2, 0.25) is 0 Å². The number of aliphatic imine (C=N–C) groups is 1. The molecule has 0 aromatic carbocycles. The van der Waals surface area contributed by atoms with E-state index in [1.54, 1.807) is 13.3 Å². The van der Waals surface area contributed by atoms with Gasteiger partial charge in [0.05, 0.1) is 11.4 Å². The first-order chi connectivity index (χ1) is 10.6. The molecule has 3 rings (SSSR count). The van der Waals surface area contributed by atoms with Crippen molar-refractivity contribution in [3.63, 3.8) is 0 Å². The lowest BCUT2D eigenvalue weighted by Crippen LogP contribution is -2.50. The van der Waals surface area contributed by atoms with Crippen molar-refractivity contribution >= 4 is 29.1 Å². The molecule has 5 nitrogen and oxygen atoms in total. The van der Waals surface area contributed by atoms with Gasteiger partial charge < -0.3 is 5.73 Å². The molecule has 1 amide bonds. The molecule has 0 aromatic heterocycles. The molecular formula is C16H24N4OS. The molecule has 2 atom stereocenters. The zero-order valence-corrected chi connectivity index (χ0v) is 13.9. The van der Waals surface area contributed by atoms with E-state index in [2.05, 4.69) is 18.2 Å². The van der Waals surface area contributed by atoms with Crippen molar-refractivity contribution in [1.82, 2.24) is 4.90 Å². The number of nitrogens with zero attached hydrogens (tertiary/aromatic N) is 2. The molecule has 2 unspecified atom stereocenters. The van der Waals surface area contributed by atoms with Gasteiger partial charge in [0.15, 0.2) is 0 Å². The topological polar surface area (TPSA) is 82.5 Å². The SMILES string of the molecule is C/C(N)=C1\C(=N)SC2C(=O)N(C3CCCCC3)C=NC12.C=C. The number of nitrogens with two attached hydrogens (primary N) is 1. The maximum Gasteiger partial charge on any atom is 0.244 e. The second-order valence-electron chi connectivity index (χ2n) is 5.71. The van der Waals surface area contributed by atoms with Gasteiger partial charge in [-0.15, -0.1) is 13.2 Å². The fraction of sp³-hybridized carbons (Fsp3) is 0.562. The Morgan fingerprint density at radius 1 is 1.41 bits per heavy atom. The third-order valence-electron chi connectivity index (χ3n) is 4.31. The van der Waals surface area contributed by atoms with Gasteiger partial charge in [0.25, 0.3) is 0 Å². The Morgan fingerprint density at radius 2 is 2.05 bits per heavy atom. The van der Waals surface area contributed by atoms with Gasteiger partial charge in [0, 0.05) is 17.3 Å². The predicted octanol–water partition coefficient (Wildman–Crippen LogP) is 2.69. The van der Waals surface area contributed by atoms with E-state index in [0.717, 1.165) is 18.4 Å². The molecule has 120 valence electrons. The zero-order valence-electron chi connectivity index (χ0n) is 13.0. The van der Waals surface area contributed by atoms with E-state index in [9.17, 15) is 4.79 Å². The average Bonchev–Trinajstić information content (AvgIpc) is 2.88. The van der Waals surface area contributed by atoms with Gasteiger partial charge in [-0.2, -0.15) is 0 Å². The molecule has 2 heterocycles. The molecular weight excluding hydrogens is 296 g/mol. The monoisotopic (exact) mass is 320 g/mol. The first-order valence-electron chi connectivity index (χ1n) is 7.67. The molecule has 3 aliphatic rings. The molecule has 0 bridgehead atoms. The molecule has 2 aliphatic heterocycles. The standard InChI is InChI=1S/C14H20N4OS.C2H4/c1-8(15)10-11-12(20-13(10)16)14(19)18(7-17-11)9-5-3-2-4-6-9;1-2/h7,9,11-12,16H,2-6,15H2,1H3;1-2H2/b10-8+,16-13?;. The van der Waals surface area contributed by atoms with Gasteiger partial charge >= 0.3 is 0 Å². The number of nitrogens with one attached hydrogen (secondary N) is 1. The third kappa shape index (κ3) is 2.97. The molecule has 2 fully saturated rings. The Hall–Kier alpha value is -1.56. The Kier molecular flexibility index (Phi) is 5.45. The van der Waals surface area contributed by atoms with E-state index in [1.807, 2.05) is 4.90 Å². The maximum atomic E-state index is 12.7. The highest BCUT2D eigenvalue weighted by Gasteiger charge is 2.46. The fourth-order valence-electron chi connectivity index (χ4n) is 3.27. The number of hydrogen-bond acceptors (Lipinski definition) is 5. The summed E-state index contributed by atoms with van der Waals surface area (Å²) in [5, 5.41) is 8.12. The van der Waals surface area contributed by atoms with E-state index in [1.165, 1.54) is 31.0 Å². The minimum absolute atomic E-state index is 0.0999. The quantitative estimate of drug-likeness (QED) is 0.729. The average molecular weight is 320 g/mol. The van der Waals surface area contributed by atoms with Gasteiger partial charge in [-0.25, -0.2) is 0 Å². The van der Waals surface area contributed by atoms with Crippen LogP contribution in [-0.2, 0) is 4.79 Å². The molecule has 3 N–H and O–H groups in total. The van der Waals surface area contributed by atoms with Crippen LogP contribution in [0.4, 0.5) is 0 Å². The molecule has 0 spiro atoms. The lowest BCUT2D eigenvalue weighted by molar-refractivity contribution is -0.129. The van der Waals surface area contributed by atoms with E-state index in [4.69, 9.17) is 11.1 Å². The number of carbonyl (C=O) groups is 1. The summed E-state index contributed by atoms with van der Waals surface area (Å²) in [6.07, 6.45) is 7.46. The normalized spacial score (nSPS) is 30.7. The number of fused-ring (bicyclic) bond motifs is 1. The van der Waals surface area contributed by atoms with E-state index in [0.29, 0.717) is 16.8 Å². The van der Waals surface area contributed by atoms with Crippen LogP contribution in [0, 0.1) is 5.41 Å². The summed E-state index contributed by atoms with van der Waals surface area (Å²) in [6.45, 7) is 7.78. The molecule has 6 heteroatoms. The molecule has 1 aliphatic carbocycles. The highest BCUT2D eigenvalue weighted by Crippen LogP contribution is 2.40. The summed E-state index contributed by atoms with van der Waals surface area (Å²) in [5.41, 5.74) is 7.18. The predicted molar refractivity (Wildman–Crippen MR) is 93.2 cm³/mol. The van der Waals surface area contributed by atoms with Crippen LogP contribution < -0.4 is 5.73 Å². The van der Waals surface area contributed by atoms with Crippen molar-refractivity contribution in [2.45, 2.75) is 56.4 Å². The van der Waals surface area contributed by atoms with Gasteiger partial charge in [0.2, 0.25) is 5.91 Å². The molecule has 22 heavy (non-hydrogen) atoms. The van der Waals surface area contributed by atoms with Crippen LogP contribution >= 0.6 is 11.8 Å². The number of thioether (sulfide) groups is 1. The van der Waals surface area contributed by atoms with Crippen LogP contribution in [0.25, 0.3) is 0 Å². The van der Waals surface area contributed by atoms with Crippen molar-refractivity contribution in [2.75, 3.05) is 0 Å². The molecule has 1 saturated heterocycles. The van der Waals surface area contributed by atoms with E-state index >= 15 is 0 Å². The lowest BCUT2D eigenvalue weighted by atomic mass is 9.93. The van der Waals surface area contributed by atoms with Crippen LogP contribution in [-0.4, -0.2) is 39.5 Å². The summed E-state index contributed by atoms with van der Waals surface area (Å²) < 4.78 is 0. The first-order valence-corrected chi connectivity index (χ1v) is 8.55. The number of carbonyl (C=O) groups excluding carboxylic acids is 1. The van der Waals surface area contributed by atoms with Gasteiger partial charge in [-0.1, -0.05) is 31.0 Å². The van der Waals surface area contributed by atoms with Crippen molar-refractivity contribution in [2.24, 2.45) is 10.7 Å². The van der Waals surface area contributed by atoms with Crippen LogP contribution in [0.15, 0.2) is 29.4 Å². The number of amides is 1. The lowest BCUT2D eigenvalue weighted by Gasteiger charge is -2.36. The first kappa shape index (κ1) is 16.8. The summed E-state index contributed by atoms with van der Waals surface area (Å²) >= 11 is 1.30. The second-order valence-corrected chi connectivity index (χ2v) is 6.86. The highest BCUT2D eigenvalue weighted by molar-refractivity contribution is 8.16. The number of allylic oxidation sites excluding steroid dienone is 1. The largest absolute Gasteiger partial charge is 0.402 e. The summed E-state index contributed by atoms with van der Waals surface area (Å²) in [7, 11) is 0. The number of hydrogen-bond donors (Lipinski definition) is 2. The van der Waals surface area contributed by atoms with E-state index in [-0.39, 0.29) is 17.2 Å². The van der Waals surface area contributed by atoms with E-state index < -0.39 is 0 Å².